The lowest BCUT2D eigenvalue weighted by molar-refractivity contribution is -0.137. The Balaban J connectivity index is 2.42. The van der Waals surface area contributed by atoms with E-state index in [1.807, 2.05) is 0 Å². The molecule has 100 valence electrons. The molecule has 0 heterocycles. The van der Waals surface area contributed by atoms with Crippen LogP contribution < -0.4 is 5.32 Å². The Morgan fingerprint density at radius 3 is 2.35 bits per heavy atom. The van der Waals surface area contributed by atoms with Gasteiger partial charge in [-0.25, -0.2) is 0 Å². The molecule has 17 heavy (non-hydrogen) atoms. The predicted molar refractivity (Wildman–Crippen MR) is 65.9 cm³/mol. The fraction of sp³-hybridized carbons (Fsp3) is 0.909. The molecule has 2 nitrogen and oxygen atoms in total. The van der Waals surface area contributed by atoms with Crippen molar-refractivity contribution < 1.29 is 13.2 Å². The van der Waals surface area contributed by atoms with Crippen molar-refractivity contribution in [3.63, 3.8) is 0 Å². The van der Waals surface area contributed by atoms with E-state index < -0.39 is 12.7 Å². The molecule has 0 aromatic carbocycles. The van der Waals surface area contributed by atoms with Crippen molar-refractivity contribution in [2.24, 2.45) is 0 Å². The first kappa shape index (κ1) is 14.5. The molecule has 0 aromatic heterocycles. The van der Waals surface area contributed by atoms with Crippen molar-refractivity contribution in [1.82, 2.24) is 10.2 Å². The SMILES string of the molecule is CCN(CC(F)(F)F)C(=S)NC1CCCCC1. The second kappa shape index (κ2) is 6.42. The summed E-state index contributed by atoms with van der Waals surface area (Å²) in [6.45, 7) is 0.987. The summed E-state index contributed by atoms with van der Waals surface area (Å²) in [5.74, 6) is 0. The Morgan fingerprint density at radius 1 is 1.29 bits per heavy atom. The van der Waals surface area contributed by atoms with Crippen LogP contribution in [0.5, 0.6) is 0 Å². The van der Waals surface area contributed by atoms with E-state index in [-0.39, 0.29) is 17.7 Å². The van der Waals surface area contributed by atoms with Gasteiger partial charge in [0.15, 0.2) is 5.11 Å². The van der Waals surface area contributed by atoms with Crippen LogP contribution in [0.15, 0.2) is 0 Å². The van der Waals surface area contributed by atoms with Gasteiger partial charge in [0.25, 0.3) is 0 Å². The van der Waals surface area contributed by atoms with Crippen LogP contribution in [0.25, 0.3) is 0 Å². The first-order valence-electron chi connectivity index (χ1n) is 6.04. The smallest absolute Gasteiger partial charge is 0.360 e. The summed E-state index contributed by atoms with van der Waals surface area (Å²) in [6.07, 6.45) is 1.28. The van der Waals surface area contributed by atoms with Crippen LogP contribution in [-0.4, -0.2) is 35.3 Å². The molecule has 1 aliphatic rings. The van der Waals surface area contributed by atoms with E-state index in [1.165, 1.54) is 11.3 Å². The topological polar surface area (TPSA) is 15.3 Å². The summed E-state index contributed by atoms with van der Waals surface area (Å²) in [5, 5.41) is 3.28. The third-order valence-electron chi connectivity index (χ3n) is 2.97. The van der Waals surface area contributed by atoms with Gasteiger partial charge in [0.2, 0.25) is 0 Å². The molecular weight excluding hydrogens is 249 g/mol. The summed E-state index contributed by atoms with van der Waals surface area (Å²) in [7, 11) is 0. The largest absolute Gasteiger partial charge is 0.406 e. The minimum atomic E-state index is -4.20. The predicted octanol–water partition coefficient (Wildman–Crippen LogP) is 3.08. The maximum atomic E-state index is 12.3. The Labute approximate surface area is 106 Å². The number of nitrogens with zero attached hydrogens (tertiary/aromatic N) is 1. The van der Waals surface area contributed by atoms with Gasteiger partial charge in [0.05, 0.1) is 0 Å². The van der Waals surface area contributed by atoms with Crippen molar-refractivity contribution >= 4 is 17.3 Å². The van der Waals surface area contributed by atoms with E-state index in [0.29, 0.717) is 0 Å². The second-order valence-electron chi connectivity index (χ2n) is 4.41. The van der Waals surface area contributed by atoms with E-state index >= 15 is 0 Å². The number of hydrogen-bond donors (Lipinski definition) is 1. The number of halogens is 3. The quantitative estimate of drug-likeness (QED) is 0.792. The fourth-order valence-corrected chi connectivity index (χ4v) is 2.42. The normalized spacial score (nSPS) is 17.9. The highest BCUT2D eigenvalue weighted by molar-refractivity contribution is 7.80. The summed E-state index contributed by atoms with van der Waals surface area (Å²) >= 11 is 5.04. The third kappa shape index (κ3) is 5.57. The average molecular weight is 268 g/mol. The van der Waals surface area contributed by atoms with Gasteiger partial charge in [-0.3, -0.25) is 0 Å². The van der Waals surface area contributed by atoms with Crippen LogP contribution in [0, 0.1) is 0 Å². The van der Waals surface area contributed by atoms with Gasteiger partial charge in [-0.2, -0.15) is 13.2 Å². The number of rotatable bonds is 3. The van der Waals surface area contributed by atoms with Gasteiger partial charge >= 0.3 is 6.18 Å². The maximum Gasteiger partial charge on any atom is 0.406 e. The van der Waals surface area contributed by atoms with E-state index in [2.05, 4.69) is 5.32 Å². The fourth-order valence-electron chi connectivity index (χ4n) is 2.06. The molecular formula is C11H19F3N2S. The molecule has 1 aliphatic carbocycles. The van der Waals surface area contributed by atoms with E-state index in [1.54, 1.807) is 6.92 Å². The van der Waals surface area contributed by atoms with Crippen LogP contribution in [0.4, 0.5) is 13.2 Å². The van der Waals surface area contributed by atoms with Crippen molar-refractivity contribution in [3.05, 3.63) is 0 Å². The molecule has 0 atom stereocenters. The summed E-state index contributed by atoms with van der Waals surface area (Å²) in [4.78, 5) is 1.17. The van der Waals surface area contributed by atoms with Gasteiger partial charge in [-0.05, 0) is 32.0 Å². The first-order chi connectivity index (χ1) is 7.92. The number of hydrogen-bond acceptors (Lipinski definition) is 1. The number of alkyl halides is 3. The Morgan fingerprint density at radius 2 is 1.88 bits per heavy atom. The van der Waals surface area contributed by atoms with Crippen molar-refractivity contribution in [2.75, 3.05) is 13.1 Å². The van der Waals surface area contributed by atoms with Crippen LogP contribution in [0.3, 0.4) is 0 Å². The highest BCUT2D eigenvalue weighted by Gasteiger charge is 2.31. The molecule has 0 saturated heterocycles. The summed E-state index contributed by atoms with van der Waals surface area (Å²) < 4.78 is 36.9. The zero-order chi connectivity index (χ0) is 12.9. The van der Waals surface area contributed by atoms with Gasteiger partial charge in [0, 0.05) is 12.6 Å². The first-order valence-corrected chi connectivity index (χ1v) is 6.45. The monoisotopic (exact) mass is 268 g/mol. The van der Waals surface area contributed by atoms with E-state index in [0.717, 1.165) is 25.7 Å². The lowest BCUT2D eigenvalue weighted by atomic mass is 9.96. The minimum Gasteiger partial charge on any atom is -0.360 e. The molecule has 0 aliphatic heterocycles. The number of thiocarbonyl (C=S) groups is 1. The van der Waals surface area contributed by atoms with Gasteiger partial charge < -0.3 is 10.2 Å². The second-order valence-corrected chi connectivity index (χ2v) is 4.80. The molecule has 1 rings (SSSR count). The van der Waals surface area contributed by atoms with Crippen molar-refractivity contribution in [2.45, 2.75) is 51.2 Å². The lowest BCUT2D eigenvalue weighted by Crippen LogP contribution is -2.48. The molecule has 6 heteroatoms. The zero-order valence-corrected chi connectivity index (χ0v) is 10.8. The van der Waals surface area contributed by atoms with Gasteiger partial charge in [-0.1, -0.05) is 19.3 Å². The van der Waals surface area contributed by atoms with Gasteiger partial charge in [-0.15, -0.1) is 0 Å². The molecule has 0 amide bonds. The molecule has 1 N–H and O–H groups in total. The molecule has 0 radical (unpaired) electrons. The lowest BCUT2D eigenvalue weighted by Gasteiger charge is -2.30. The zero-order valence-electron chi connectivity index (χ0n) is 10.0. The van der Waals surface area contributed by atoms with Crippen LogP contribution >= 0.6 is 12.2 Å². The van der Waals surface area contributed by atoms with E-state index in [9.17, 15) is 13.2 Å². The van der Waals surface area contributed by atoms with Crippen LogP contribution in [0.2, 0.25) is 0 Å². The average Bonchev–Trinajstić information content (AvgIpc) is 2.26. The van der Waals surface area contributed by atoms with E-state index in [4.69, 9.17) is 12.2 Å². The Hall–Kier alpha value is -0.520. The molecule has 0 unspecified atom stereocenters. The standard InChI is InChI=1S/C11H19F3N2S/c1-2-16(8-11(12,13)14)10(17)15-9-6-4-3-5-7-9/h9H,2-8H2,1H3,(H,15,17). The maximum absolute atomic E-state index is 12.3. The summed E-state index contributed by atoms with van der Waals surface area (Å²) in [6, 6.07) is 0.249. The highest BCUT2D eigenvalue weighted by atomic mass is 32.1. The van der Waals surface area contributed by atoms with Gasteiger partial charge in [0.1, 0.15) is 6.54 Å². The van der Waals surface area contributed by atoms with Crippen LogP contribution in [0.1, 0.15) is 39.0 Å². The van der Waals surface area contributed by atoms with Crippen molar-refractivity contribution in [3.8, 4) is 0 Å². The Kier molecular flexibility index (Phi) is 5.49. The number of nitrogens with one attached hydrogen (secondary N) is 1. The highest BCUT2D eigenvalue weighted by Crippen LogP contribution is 2.19. The summed E-state index contributed by atoms with van der Waals surface area (Å²) in [5.41, 5.74) is 0. The Bertz CT molecular complexity index is 250. The van der Waals surface area contributed by atoms with Crippen LogP contribution in [-0.2, 0) is 0 Å². The third-order valence-corrected chi connectivity index (χ3v) is 3.35. The minimum absolute atomic E-state index is 0.233. The van der Waals surface area contributed by atoms with Crippen molar-refractivity contribution in [1.29, 1.82) is 0 Å². The molecule has 0 spiro atoms. The molecule has 0 bridgehead atoms. The molecule has 1 saturated carbocycles. The molecule has 1 fully saturated rings. The molecule has 0 aromatic rings.